The molecule has 0 aliphatic rings. The summed E-state index contributed by atoms with van der Waals surface area (Å²) in [6.07, 6.45) is 0.584. The second-order valence-electron chi connectivity index (χ2n) is 4.59. The number of aliphatic hydroxyl groups excluding tert-OH is 1. The highest BCUT2D eigenvalue weighted by molar-refractivity contribution is 14.1. The third-order valence-corrected chi connectivity index (χ3v) is 6.47. The Labute approximate surface area is 154 Å². The summed E-state index contributed by atoms with van der Waals surface area (Å²) in [5.41, 5.74) is 0.709. The quantitative estimate of drug-likeness (QED) is 0.402. The summed E-state index contributed by atoms with van der Waals surface area (Å²) in [6.45, 7) is 4.18. The zero-order chi connectivity index (χ0) is 14.6. The number of nitrogens with one attached hydrogen (secondary N) is 1. The molecule has 3 nitrogen and oxygen atoms in total. The van der Waals surface area contributed by atoms with Crippen LogP contribution in [0.3, 0.4) is 0 Å². The van der Waals surface area contributed by atoms with Crippen molar-refractivity contribution in [3.8, 4) is 0 Å². The number of carbonyl (C=O) groups is 1. The molecule has 0 heterocycles. The van der Waals surface area contributed by atoms with Gasteiger partial charge in [0.05, 0.1) is 5.56 Å². The van der Waals surface area contributed by atoms with Gasteiger partial charge in [0.15, 0.2) is 0 Å². The van der Waals surface area contributed by atoms with E-state index in [1.165, 1.54) is 0 Å². The molecular weight excluding hydrogens is 583 g/mol. The summed E-state index contributed by atoms with van der Waals surface area (Å²) in [5, 5.41) is 12.1. The Morgan fingerprint density at radius 2 is 1.95 bits per heavy atom. The van der Waals surface area contributed by atoms with Gasteiger partial charge in [0.2, 0.25) is 0 Å². The second kappa shape index (κ2) is 8.32. The lowest BCUT2D eigenvalue weighted by molar-refractivity contribution is 0.0915. The Kier molecular flexibility index (Phi) is 7.84. The molecule has 0 aromatic heterocycles. The topological polar surface area (TPSA) is 49.3 Å². The van der Waals surface area contributed by atoms with Gasteiger partial charge >= 0.3 is 0 Å². The molecule has 1 atom stereocenters. The molecule has 1 aromatic carbocycles. The molecule has 0 aliphatic carbocycles. The minimum Gasteiger partial charge on any atom is -0.396 e. The van der Waals surface area contributed by atoms with Gasteiger partial charge < -0.3 is 10.4 Å². The largest absolute Gasteiger partial charge is 0.396 e. The SMILES string of the molecule is CC(C)C(CCO)NC(=O)c1cc(I)cc(I)c1I. The lowest BCUT2D eigenvalue weighted by Gasteiger charge is -2.22. The first-order valence-electron chi connectivity index (χ1n) is 5.93. The Bertz CT molecular complexity index is 463. The summed E-state index contributed by atoms with van der Waals surface area (Å²) in [5.74, 6) is 0.239. The molecule has 0 saturated heterocycles. The number of halogens is 3. The van der Waals surface area contributed by atoms with Crippen molar-refractivity contribution in [2.24, 2.45) is 5.92 Å². The van der Waals surface area contributed by atoms with E-state index in [0.29, 0.717) is 17.9 Å². The molecule has 0 bridgehead atoms. The Balaban J connectivity index is 2.94. The summed E-state index contributed by atoms with van der Waals surface area (Å²) in [6, 6.07) is 3.95. The first-order valence-corrected chi connectivity index (χ1v) is 9.16. The van der Waals surface area contributed by atoms with Gasteiger partial charge in [-0.15, -0.1) is 0 Å². The molecule has 1 amide bonds. The fourth-order valence-corrected chi connectivity index (χ4v) is 4.08. The Morgan fingerprint density at radius 3 is 2.47 bits per heavy atom. The zero-order valence-corrected chi connectivity index (χ0v) is 17.2. The van der Waals surface area contributed by atoms with Crippen LogP contribution in [0.25, 0.3) is 0 Å². The molecule has 106 valence electrons. The van der Waals surface area contributed by atoms with E-state index in [4.69, 9.17) is 5.11 Å². The third-order valence-electron chi connectivity index (χ3n) is 2.80. The van der Waals surface area contributed by atoms with E-state index >= 15 is 0 Å². The van der Waals surface area contributed by atoms with E-state index in [2.05, 4.69) is 73.1 Å². The lowest BCUT2D eigenvalue weighted by atomic mass is 10.0. The maximum absolute atomic E-state index is 12.4. The molecule has 2 N–H and O–H groups in total. The number of carbonyl (C=O) groups excluding carboxylic acids is 1. The van der Waals surface area contributed by atoms with Crippen molar-refractivity contribution < 1.29 is 9.90 Å². The third kappa shape index (κ3) is 5.27. The minimum absolute atomic E-state index is 0.00354. The zero-order valence-electron chi connectivity index (χ0n) is 10.7. The van der Waals surface area contributed by atoms with Crippen LogP contribution in [0.4, 0.5) is 0 Å². The average Bonchev–Trinajstić information content (AvgIpc) is 2.32. The van der Waals surface area contributed by atoms with Crippen molar-refractivity contribution >= 4 is 73.7 Å². The number of hydrogen-bond acceptors (Lipinski definition) is 2. The molecular formula is C13H16I3NO2. The van der Waals surface area contributed by atoms with Gasteiger partial charge in [-0.25, -0.2) is 0 Å². The van der Waals surface area contributed by atoms with Crippen molar-refractivity contribution in [1.29, 1.82) is 0 Å². The smallest absolute Gasteiger partial charge is 0.252 e. The molecule has 6 heteroatoms. The van der Waals surface area contributed by atoms with E-state index in [0.717, 1.165) is 10.7 Å². The maximum atomic E-state index is 12.4. The van der Waals surface area contributed by atoms with Gasteiger partial charge in [0.1, 0.15) is 0 Å². The number of benzene rings is 1. The van der Waals surface area contributed by atoms with Crippen molar-refractivity contribution in [3.05, 3.63) is 28.4 Å². The van der Waals surface area contributed by atoms with E-state index in [1.807, 2.05) is 26.0 Å². The highest BCUT2D eigenvalue weighted by Gasteiger charge is 2.19. The van der Waals surface area contributed by atoms with Gasteiger partial charge in [0.25, 0.3) is 5.91 Å². The van der Waals surface area contributed by atoms with Gasteiger partial charge in [-0.05, 0) is 92.2 Å². The predicted octanol–water partition coefficient (Wildman–Crippen LogP) is 3.64. The van der Waals surface area contributed by atoms with Crippen LogP contribution in [0.5, 0.6) is 0 Å². The van der Waals surface area contributed by atoms with Crippen molar-refractivity contribution in [3.63, 3.8) is 0 Å². The molecule has 1 rings (SSSR count). The summed E-state index contributed by atoms with van der Waals surface area (Å²) < 4.78 is 3.11. The monoisotopic (exact) mass is 599 g/mol. The normalized spacial score (nSPS) is 12.6. The van der Waals surface area contributed by atoms with Crippen LogP contribution < -0.4 is 5.32 Å². The molecule has 0 saturated carbocycles. The summed E-state index contributed by atoms with van der Waals surface area (Å²) >= 11 is 6.66. The fourth-order valence-electron chi connectivity index (χ4n) is 1.68. The van der Waals surface area contributed by atoms with Crippen LogP contribution in [-0.2, 0) is 0 Å². The first kappa shape index (κ1) is 17.9. The predicted molar refractivity (Wildman–Crippen MR) is 102 cm³/mol. The molecule has 0 fully saturated rings. The van der Waals surface area contributed by atoms with Crippen LogP contribution in [0.1, 0.15) is 30.6 Å². The minimum atomic E-state index is -0.0621. The molecule has 0 radical (unpaired) electrons. The van der Waals surface area contributed by atoms with Crippen LogP contribution in [-0.4, -0.2) is 23.7 Å². The van der Waals surface area contributed by atoms with Crippen LogP contribution >= 0.6 is 67.8 Å². The molecule has 1 unspecified atom stereocenters. The van der Waals surface area contributed by atoms with Gasteiger partial charge in [0, 0.05) is 23.4 Å². The van der Waals surface area contributed by atoms with Gasteiger partial charge in [-0.1, -0.05) is 13.8 Å². The summed E-state index contributed by atoms with van der Waals surface area (Å²) in [7, 11) is 0. The second-order valence-corrected chi connectivity index (χ2v) is 8.07. The van der Waals surface area contributed by atoms with Crippen LogP contribution in [0.2, 0.25) is 0 Å². The van der Waals surface area contributed by atoms with Crippen molar-refractivity contribution in [2.45, 2.75) is 26.3 Å². The van der Waals surface area contributed by atoms with E-state index in [9.17, 15) is 4.79 Å². The summed E-state index contributed by atoms with van der Waals surface area (Å²) in [4.78, 5) is 12.4. The lowest BCUT2D eigenvalue weighted by Crippen LogP contribution is -2.39. The van der Waals surface area contributed by atoms with Gasteiger partial charge in [-0.2, -0.15) is 0 Å². The average molecular weight is 599 g/mol. The first-order chi connectivity index (χ1) is 8.86. The number of amides is 1. The van der Waals surface area contributed by atoms with Gasteiger partial charge in [-0.3, -0.25) is 4.79 Å². The van der Waals surface area contributed by atoms with E-state index < -0.39 is 0 Å². The number of rotatable bonds is 5. The Hall–Kier alpha value is 0.840. The molecule has 0 spiro atoms. The number of hydrogen-bond donors (Lipinski definition) is 2. The van der Waals surface area contributed by atoms with E-state index in [1.54, 1.807) is 0 Å². The highest BCUT2D eigenvalue weighted by atomic mass is 127. The standard InChI is InChI=1S/C13H16I3NO2/c1-7(2)11(3-4-18)17-13(19)9-5-8(14)6-10(15)12(9)16/h5-7,11,18H,3-4H2,1-2H3,(H,17,19). The van der Waals surface area contributed by atoms with Crippen LogP contribution in [0.15, 0.2) is 12.1 Å². The molecule has 0 aliphatic heterocycles. The highest BCUT2D eigenvalue weighted by Crippen LogP contribution is 2.23. The van der Waals surface area contributed by atoms with Crippen molar-refractivity contribution in [1.82, 2.24) is 5.32 Å². The fraction of sp³-hybridized carbons (Fsp3) is 0.462. The molecule has 1 aromatic rings. The van der Waals surface area contributed by atoms with Crippen LogP contribution in [0, 0.1) is 16.6 Å². The van der Waals surface area contributed by atoms with Crippen molar-refractivity contribution in [2.75, 3.05) is 6.61 Å². The van der Waals surface area contributed by atoms with E-state index in [-0.39, 0.29) is 18.6 Å². The maximum Gasteiger partial charge on any atom is 0.252 e. The number of aliphatic hydroxyl groups is 1. The molecule has 19 heavy (non-hydrogen) atoms. The Morgan fingerprint density at radius 1 is 1.32 bits per heavy atom.